The molecule has 0 radical (unpaired) electrons. The lowest BCUT2D eigenvalue weighted by atomic mass is 10.1. The SMILES string of the molecule is CCOC(=O)N1CCN(Cc2ccc(CN)cc2F)CC1. The zero-order chi connectivity index (χ0) is 15.2. The van der Waals surface area contributed by atoms with Gasteiger partial charge in [0, 0.05) is 44.8 Å². The molecule has 1 aromatic rings. The fourth-order valence-corrected chi connectivity index (χ4v) is 2.39. The lowest BCUT2D eigenvalue weighted by Crippen LogP contribution is -2.48. The number of piperazine rings is 1. The molecule has 1 aromatic carbocycles. The first-order valence-corrected chi connectivity index (χ1v) is 7.25. The molecule has 1 aliphatic heterocycles. The summed E-state index contributed by atoms with van der Waals surface area (Å²) in [5, 5.41) is 0. The van der Waals surface area contributed by atoms with Gasteiger partial charge in [-0.05, 0) is 18.6 Å². The van der Waals surface area contributed by atoms with Crippen LogP contribution in [-0.2, 0) is 17.8 Å². The van der Waals surface area contributed by atoms with Gasteiger partial charge < -0.3 is 15.4 Å². The molecule has 0 spiro atoms. The number of benzene rings is 1. The van der Waals surface area contributed by atoms with Gasteiger partial charge in [-0.15, -0.1) is 0 Å². The van der Waals surface area contributed by atoms with E-state index >= 15 is 0 Å². The van der Waals surface area contributed by atoms with Crippen LogP contribution in [0.15, 0.2) is 18.2 Å². The van der Waals surface area contributed by atoms with Crippen LogP contribution < -0.4 is 5.73 Å². The van der Waals surface area contributed by atoms with Crippen LogP contribution in [-0.4, -0.2) is 48.7 Å². The minimum Gasteiger partial charge on any atom is -0.450 e. The van der Waals surface area contributed by atoms with Gasteiger partial charge in [-0.3, -0.25) is 4.90 Å². The zero-order valence-electron chi connectivity index (χ0n) is 12.3. The summed E-state index contributed by atoms with van der Waals surface area (Å²) in [4.78, 5) is 15.4. The van der Waals surface area contributed by atoms with Crippen molar-refractivity contribution in [2.75, 3.05) is 32.8 Å². The highest BCUT2D eigenvalue weighted by molar-refractivity contribution is 5.67. The molecule has 1 amide bonds. The van der Waals surface area contributed by atoms with Crippen LogP contribution in [0.4, 0.5) is 9.18 Å². The number of amides is 1. The Balaban J connectivity index is 1.87. The molecule has 0 aromatic heterocycles. The first-order chi connectivity index (χ1) is 10.1. The summed E-state index contributed by atoms with van der Waals surface area (Å²) in [6, 6.07) is 5.13. The predicted octanol–water partition coefficient (Wildman–Crippen LogP) is 1.56. The molecule has 2 N–H and O–H groups in total. The Hall–Kier alpha value is -1.66. The van der Waals surface area contributed by atoms with Gasteiger partial charge in [-0.25, -0.2) is 9.18 Å². The van der Waals surface area contributed by atoms with Crippen molar-refractivity contribution in [3.8, 4) is 0 Å². The van der Waals surface area contributed by atoms with E-state index < -0.39 is 0 Å². The minimum absolute atomic E-state index is 0.217. The van der Waals surface area contributed by atoms with Crippen LogP contribution in [0.3, 0.4) is 0 Å². The second-order valence-corrected chi connectivity index (χ2v) is 5.09. The van der Waals surface area contributed by atoms with E-state index in [1.165, 1.54) is 6.07 Å². The van der Waals surface area contributed by atoms with Crippen molar-refractivity contribution in [3.63, 3.8) is 0 Å². The molecule has 6 heteroatoms. The van der Waals surface area contributed by atoms with Gasteiger partial charge in [0.2, 0.25) is 0 Å². The van der Waals surface area contributed by atoms with Gasteiger partial charge in [0.05, 0.1) is 6.61 Å². The largest absolute Gasteiger partial charge is 0.450 e. The monoisotopic (exact) mass is 295 g/mol. The second-order valence-electron chi connectivity index (χ2n) is 5.09. The van der Waals surface area contributed by atoms with Crippen LogP contribution >= 0.6 is 0 Å². The summed E-state index contributed by atoms with van der Waals surface area (Å²) in [7, 11) is 0. The van der Waals surface area contributed by atoms with Crippen molar-refractivity contribution >= 4 is 6.09 Å². The van der Waals surface area contributed by atoms with Crippen molar-refractivity contribution in [2.24, 2.45) is 5.73 Å². The van der Waals surface area contributed by atoms with Crippen LogP contribution in [0.2, 0.25) is 0 Å². The molecule has 5 nitrogen and oxygen atoms in total. The van der Waals surface area contributed by atoms with Crippen molar-refractivity contribution in [2.45, 2.75) is 20.0 Å². The smallest absolute Gasteiger partial charge is 0.409 e. The quantitative estimate of drug-likeness (QED) is 0.916. The molecule has 21 heavy (non-hydrogen) atoms. The van der Waals surface area contributed by atoms with Gasteiger partial charge in [0.25, 0.3) is 0 Å². The zero-order valence-corrected chi connectivity index (χ0v) is 12.3. The van der Waals surface area contributed by atoms with E-state index in [9.17, 15) is 9.18 Å². The van der Waals surface area contributed by atoms with Crippen molar-refractivity contribution in [3.05, 3.63) is 35.1 Å². The maximum absolute atomic E-state index is 13.9. The molecule has 116 valence electrons. The first kappa shape index (κ1) is 15.7. The van der Waals surface area contributed by atoms with E-state index in [1.54, 1.807) is 17.9 Å². The number of rotatable bonds is 4. The van der Waals surface area contributed by atoms with Gasteiger partial charge >= 0.3 is 6.09 Å². The van der Waals surface area contributed by atoms with E-state index in [0.717, 1.165) is 18.7 Å². The molecule has 1 fully saturated rings. The van der Waals surface area contributed by atoms with Crippen molar-refractivity contribution in [1.29, 1.82) is 0 Å². The molecule has 1 heterocycles. The predicted molar refractivity (Wildman–Crippen MR) is 78.2 cm³/mol. The van der Waals surface area contributed by atoms with Crippen molar-refractivity contribution < 1.29 is 13.9 Å². The highest BCUT2D eigenvalue weighted by atomic mass is 19.1. The molecule has 0 atom stereocenters. The number of halogens is 1. The summed E-state index contributed by atoms with van der Waals surface area (Å²) in [6.45, 7) is 5.74. The fourth-order valence-electron chi connectivity index (χ4n) is 2.39. The molecule has 2 rings (SSSR count). The maximum Gasteiger partial charge on any atom is 0.409 e. The summed E-state index contributed by atoms with van der Waals surface area (Å²) in [5.41, 5.74) is 6.95. The van der Waals surface area contributed by atoms with E-state index in [0.29, 0.717) is 38.3 Å². The Kier molecular flexibility index (Phi) is 5.52. The molecule has 0 bridgehead atoms. The highest BCUT2D eigenvalue weighted by Gasteiger charge is 2.22. The average molecular weight is 295 g/mol. The molecule has 0 saturated carbocycles. The van der Waals surface area contributed by atoms with Gasteiger partial charge in [0.1, 0.15) is 5.82 Å². The van der Waals surface area contributed by atoms with Gasteiger partial charge in [-0.2, -0.15) is 0 Å². The van der Waals surface area contributed by atoms with Gasteiger partial charge in [-0.1, -0.05) is 12.1 Å². The van der Waals surface area contributed by atoms with Crippen LogP contribution in [0.25, 0.3) is 0 Å². The Labute approximate surface area is 124 Å². The molecule has 0 aliphatic carbocycles. The lowest BCUT2D eigenvalue weighted by molar-refractivity contribution is 0.0775. The number of ether oxygens (including phenoxy) is 1. The molecule has 1 aliphatic rings. The first-order valence-electron chi connectivity index (χ1n) is 7.25. The third kappa shape index (κ3) is 4.15. The maximum atomic E-state index is 13.9. The third-order valence-electron chi connectivity index (χ3n) is 3.65. The topological polar surface area (TPSA) is 58.8 Å². The second kappa shape index (κ2) is 7.38. The van der Waals surface area contributed by atoms with Crippen molar-refractivity contribution in [1.82, 2.24) is 9.80 Å². The van der Waals surface area contributed by atoms with Crippen LogP contribution in [0.1, 0.15) is 18.1 Å². The number of hydrogen-bond donors (Lipinski definition) is 1. The Morgan fingerprint density at radius 3 is 2.62 bits per heavy atom. The number of nitrogens with zero attached hydrogens (tertiary/aromatic N) is 2. The molecule has 1 saturated heterocycles. The summed E-state index contributed by atoms with van der Waals surface area (Å²) in [6.07, 6.45) is -0.268. The van der Waals surface area contributed by atoms with E-state index in [1.807, 2.05) is 6.07 Å². The molecular formula is C15H22FN3O2. The molecule has 0 unspecified atom stereocenters. The van der Waals surface area contributed by atoms with E-state index in [4.69, 9.17) is 10.5 Å². The highest BCUT2D eigenvalue weighted by Crippen LogP contribution is 2.14. The average Bonchev–Trinajstić information content (AvgIpc) is 2.50. The lowest BCUT2D eigenvalue weighted by Gasteiger charge is -2.34. The third-order valence-corrected chi connectivity index (χ3v) is 3.65. The summed E-state index contributed by atoms with van der Waals surface area (Å²) >= 11 is 0. The van der Waals surface area contributed by atoms with Crippen LogP contribution in [0.5, 0.6) is 0 Å². The number of hydrogen-bond acceptors (Lipinski definition) is 4. The number of nitrogens with two attached hydrogens (primary N) is 1. The Morgan fingerprint density at radius 1 is 1.33 bits per heavy atom. The Bertz CT molecular complexity index is 488. The Morgan fingerprint density at radius 2 is 2.05 bits per heavy atom. The number of carbonyl (C=O) groups is 1. The molecular weight excluding hydrogens is 273 g/mol. The van der Waals surface area contributed by atoms with E-state index in [2.05, 4.69) is 4.90 Å². The standard InChI is InChI=1S/C15H22FN3O2/c1-2-21-15(20)19-7-5-18(6-8-19)11-13-4-3-12(10-17)9-14(13)16/h3-4,9H,2,5-8,10-11,17H2,1H3. The van der Waals surface area contributed by atoms with Gasteiger partial charge in [0.15, 0.2) is 0 Å². The minimum atomic E-state index is -0.268. The summed E-state index contributed by atoms with van der Waals surface area (Å²) < 4.78 is 18.9. The normalized spacial score (nSPS) is 16.0. The fraction of sp³-hybridized carbons (Fsp3) is 0.533. The van der Waals surface area contributed by atoms with Crippen LogP contribution in [0, 0.1) is 5.82 Å². The summed E-state index contributed by atoms with van der Waals surface area (Å²) in [5.74, 6) is -0.217. The van der Waals surface area contributed by atoms with E-state index in [-0.39, 0.29) is 11.9 Å². The number of carbonyl (C=O) groups excluding carboxylic acids is 1.